The van der Waals surface area contributed by atoms with Crippen LogP contribution in [0.3, 0.4) is 0 Å². The Morgan fingerprint density at radius 3 is 1.09 bits per heavy atom. The lowest BCUT2D eigenvalue weighted by atomic mass is 9.77. The Hall–Kier alpha value is -2.48. The smallest absolute Gasteiger partial charge is 0.0950 e. The summed E-state index contributed by atoms with van der Waals surface area (Å²) >= 11 is 0. The molecule has 0 amide bonds. The van der Waals surface area contributed by atoms with Gasteiger partial charge >= 0.3 is 0 Å². The number of benzene rings is 2. The van der Waals surface area contributed by atoms with E-state index in [1.54, 1.807) is 0 Å². The van der Waals surface area contributed by atoms with E-state index in [4.69, 9.17) is 9.47 Å². The standard InChI is InChI=1S/C45H72O2/c1-7-37-46-39(3)25-21-17-13-9-11-15-19-23-27-41-29-33-43(34-30-41)45(5,6)44-35-31-42(32-36-44)28-24-20-16-12-10-14-18-22-26-40(4)47-38-8-2/h7-8,29-40H,9-28H2,1-6H3. The molecule has 2 aromatic carbocycles. The molecule has 2 unspecified atom stereocenters. The minimum atomic E-state index is 0.0201. The quantitative estimate of drug-likeness (QED) is 0.0678. The second-order valence-electron chi connectivity index (χ2n) is 14.6. The van der Waals surface area contributed by atoms with Gasteiger partial charge in [0.2, 0.25) is 0 Å². The second-order valence-corrected chi connectivity index (χ2v) is 14.6. The van der Waals surface area contributed by atoms with Gasteiger partial charge in [0, 0.05) is 5.41 Å². The van der Waals surface area contributed by atoms with Crippen LogP contribution >= 0.6 is 0 Å². The Morgan fingerprint density at radius 1 is 0.468 bits per heavy atom. The van der Waals surface area contributed by atoms with Crippen molar-refractivity contribution in [3.63, 3.8) is 0 Å². The lowest BCUT2D eigenvalue weighted by Gasteiger charge is -2.26. The molecule has 0 aliphatic rings. The van der Waals surface area contributed by atoms with Crippen LogP contribution in [0.4, 0.5) is 0 Å². The summed E-state index contributed by atoms with van der Waals surface area (Å²) in [5, 5.41) is 0. The predicted molar refractivity (Wildman–Crippen MR) is 206 cm³/mol. The molecule has 0 radical (unpaired) electrons. The van der Waals surface area contributed by atoms with Crippen molar-refractivity contribution in [2.24, 2.45) is 0 Å². The third-order valence-corrected chi connectivity index (χ3v) is 9.90. The van der Waals surface area contributed by atoms with Gasteiger partial charge in [-0.3, -0.25) is 0 Å². The maximum absolute atomic E-state index is 5.60. The molecule has 264 valence electrons. The summed E-state index contributed by atoms with van der Waals surface area (Å²) in [4.78, 5) is 0. The van der Waals surface area contributed by atoms with E-state index in [0.29, 0.717) is 12.2 Å². The second kappa shape index (κ2) is 25.5. The Morgan fingerprint density at radius 2 is 0.766 bits per heavy atom. The first-order valence-corrected chi connectivity index (χ1v) is 19.6. The van der Waals surface area contributed by atoms with Crippen molar-refractivity contribution in [3.05, 3.63) is 95.5 Å². The van der Waals surface area contributed by atoms with Gasteiger partial charge in [0.25, 0.3) is 0 Å². The zero-order valence-corrected chi connectivity index (χ0v) is 31.5. The van der Waals surface area contributed by atoms with Gasteiger partial charge in [-0.15, -0.1) is 0 Å². The van der Waals surface area contributed by atoms with Crippen molar-refractivity contribution in [2.45, 2.75) is 188 Å². The average molecular weight is 645 g/mol. The van der Waals surface area contributed by atoms with Crippen LogP contribution in [-0.4, -0.2) is 12.2 Å². The van der Waals surface area contributed by atoms with Gasteiger partial charge in [-0.05, 0) is 101 Å². The molecule has 0 fully saturated rings. The van der Waals surface area contributed by atoms with Gasteiger partial charge in [0.1, 0.15) is 0 Å². The molecule has 47 heavy (non-hydrogen) atoms. The molecule has 0 bridgehead atoms. The Labute approximate surface area is 291 Å². The Kier molecular flexibility index (Phi) is 22.1. The van der Waals surface area contributed by atoms with E-state index in [1.807, 2.05) is 38.5 Å². The normalized spacial score (nSPS) is 13.4. The number of rotatable bonds is 28. The molecule has 0 saturated carbocycles. The van der Waals surface area contributed by atoms with E-state index in [-0.39, 0.29) is 5.41 Å². The van der Waals surface area contributed by atoms with Gasteiger partial charge in [-0.2, -0.15) is 0 Å². The molecule has 2 rings (SSSR count). The number of unbranched alkanes of at least 4 members (excludes halogenated alkanes) is 14. The molecule has 2 nitrogen and oxygen atoms in total. The molecule has 0 saturated heterocycles. The molecule has 0 aliphatic carbocycles. The van der Waals surface area contributed by atoms with E-state index < -0.39 is 0 Å². The fourth-order valence-corrected chi connectivity index (χ4v) is 6.55. The molecule has 0 heterocycles. The fourth-order valence-electron chi connectivity index (χ4n) is 6.55. The zero-order valence-electron chi connectivity index (χ0n) is 31.5. The van der Waals surface area contributed by atoms with Gasteiger partial charge in [0.05, 0.1) is 24.7 Å². The topological polar surface area (TPSA) is 18.5 Å². The highest BCUT2D eigenvalue weighted by molar-refractivity contribution is 5.39. The molecule has 2 heteroatoms. The fraction of sp³-hybridized carbons (Fsp3) is 0.644. The van der Waals surface area contributed by atoms with E-state index >= 15 is 0 Å². The molecule has 0 aliphatic heterocycles. The first-order valence-electron chi connectivity index (χ1n) is 19.6. The average Bonchev–Trinajstić information content (AvgIpc) is 3.08. The van der Waals surface area contributed by atoms with Gasteiger partial charge in [-0.1, -0.05) is 152 Å². The maximum atomic E-state index is 5.60. The van der Waals surface area contributed by atoms with Crippen LogP contribution in [0.15, 0.2) is 73.2 Å². The summed E-state index contributed by atoms with van der Waals surface area (Å²) in [5.74, 6) is 0. The maximum Gasteiger partial charge on any atom is 0.0950 e. The lowest BCUT2D eigenvalue weighted by Crippen LogP contribution is -2.18. The van der Waals surface area contributed by atoms with Crippen molar-refractivity contribution < 1.29 is 9.47 Å². The highest BCUT2D eigenvalue weighted by Crippen LogP contribution is 2.32. The number of allylic oxidation sites excluding steroid dienone is 2. The third-order valence-electron chi connectivity index (χ3n) is 9.90. The van der Waals surface area contributed by atoms with Crippen molar-refractivity contribution >= 4 is 0 Å². The number of hydrogen-bond acceptors (Lipinski definition) is 2. The summed E-state index contributed by atoms with van der Waals surface area (Å²) in [6.07, 6.45) is 34.5. The molecule has 2 aromatic rings. The van der Waals surface area contributed by atoms with Crippen LogP contribution in [0, 0.1) is 0 Å². The van der Waals surface area contributed by atoms with Crippen molar-refractivity contribution in [1.29, 1.82) is 0 Å². The SMILES string of the molecule is CC=COC(C)CCCCCCCCCCc1ccc(C(C)(C)c2ccc(CCCCCCCCCCC(C)OC=CC)cc2)cc1. The van der Waals surface area contributed by atoms with Gasteiger partial charge in [0.15, 0.2) is 0 Å². The summed E-state index contributed by atoms with van der Waals surface area (Å²) in [5.41, 5.74) is 5.80. The van der Waals surface area contributed by atoms with Crippen LogP contribution in [0.1, 0.15) is 179 Å². The molecule has 0 spiro atoms. The largest absolute Gasteiger partial charge is 0.499 e. The molecular weight excluding hydrogens is 572 g/mol. The van der Waals surface area contributed by atoms with Crippen LogP contribution in [0.5, 0.6) is 0 Å². The van der Waals surface area contributed by atoms with E-state index in [1.165, 1.54) is 151 Å². The summed E-state index contributed by atoms with van der Waals surface area (Å²) in [6, 6.07) is 19.0. The van der Waals surface area contributed by atoms with Gasteiger partial charge in [-0.25, -0.2) is 0 Å². The van der Waals surface area contributed by atoms with E-state index in [9.17, 15) is 0 Å². The first-order chi connectivity index (χ1) is 22.9. The molecule has 0 aromatic heterocycles. The highest BCUT2D eigenvalue weighted by Gasteiger charge is 2.22. The summed E-state index contributed by atoms with van der Waals surface area (Å²) in [6.45, 7) is 13.1. The van der Waals surface area contributed by atoms with Crippen molar-refractivity contribution in [2.75, 3.05) is 0 Å². The van der Waals surface area contributed by atoms with Crippen LogP contribution in [-0.2, 0) is 27.7 Å². The number of ether oxygens (including phenoxy) is 2. The van der Waals surface area contributed by atoms with Crippen LogP contribution in [0.2, 0.25) is 0 Å². The lowest BCUT2D eigenvalue weighted by molar-refractivity contribution is 0.149. The third kappa shape index (κ3) is 18.6. The van der Waals surface area contributed by atoms with Crippen molar-refractivity contribution in [3.8, 4) is 0 Å². The monoisotopic (exact) mass is 645 g/mol. The first kappa shape index (κ1) is 40.7. The Balaban J connectivity index is 1.55. The number of aryl methyl sites for hydroxylation is 2. The number of hydrogen-bond donors (Lipinski definition) is 0. The van der Waals surface area contributed by atoms with Crippen LogP contribution < -0.4 is 0 Å². The zero-order chi connectivity index (χ0) is 34.0. The molecular formula is C45H72O2. The van der Waals surface area contributed by atoms with E-state index in [0.717, 1.165) is 0 Å². The molecule has 0 N–H and O–H groups in total. The minimum absolute atomic E-state index is 0.0201. The predicted octanol–water partition coefficient (Wildman–Crippen LogP) is 14.0. The minimum Gasteiger partial charge on any atom is -0.499 e. The summed E-state index contributed by atoms with van der Waals surface area (Å²) in [7, 11) is 0. The highest BCUT2D eigenvalue weighted by atomic mass is 16.5. The van der Waals surface area contributed by atoms with Gasteiger partial charge < -0.3 is 9.47 Å². The molecule has 2 atom stereocenters. The summed E-state index contributed by atoms with van der Waals surface area (Å²) < 4.78 is 11.2. The van der Waals surface area contributed by atoms with Crippen LogP contribution in [0.25, 0.3) is 0 Å². The van der Waals surface area contributed by atoms with E-state index in [2.05, 4.69) is 76.2 Å². The van der Waals surface area contributed by atoms with Crippen molar-refractivity contribution in [1.82, 2.24) is 0 Å². The Bertz CT molecular complexity index is 977.